The number of nitrogens with one attached hydrogen (secondary N) is 1. The van der Waals surface area contributed by atoms with E-state index in [4.69, 9.17) is 23.8 Å². The van der Waals surface area contributed by atoms with E-state index in [1.54, 1.807) is 6.08 Å². The molecule has 0 spiro atoms. The molecule has 1 saturated heterocycles. The second-order valence-corrected chi connectivity index (χ2v) is 8.33. The van der Waals surface area contributed by atoms with Crippen LogP contribution in [0.2, 0.25) is 5.02 Å². The van der Waals surface area contributed by atoms with Crippen LogP contribution in [0, 0.1) is 5.82 Å². The maximum atomic E-state index is 13.2. The van der Waals surface area contributed by atoms with Gasteiger partial charge < -0.3 is 5.32 Å². The first-order chi connectivity index (χ1) is 13.8. The number of thiocarbonyl (C=S) groups is 1. The zero-order chi connectivity index (χ0) is 21.0. The largest absolute Gasteiger partial charge is 0.324 e. The third kappa shape index (κ3) is 5.53. The molecule has 0 aromatic heterocycles. The Kier molecular flexibility index (Phi) is 6.84. The highest BCUT2D eigenvalue weighted by Crippen LogP contribution is 2.32. The van der Waals surface area contributed by atoms with Gasteiger partial charge in [-0.25, -0.2) is 4.39 Å². The number of hydrogen-bond acceptors (Lipinski definition) is 4. The van der Waals surface area contributed by atoms with Gasteiger partial charge in [0.15, 0.2) is 0 Å². The predicted molar refractivity (Wildman–Crippen MR) is 120 cm³/mol. The van der Waals surface area contributed by atoms with E-state index in [9.17, 15) is 14.0 Å². The molecule has 0 bridgehead atoms. The zero-order valence-electron chi connectivity index (χ0n) is 15.3. The molecule has 0 unspecified atom stereocenters. The first-order valence-corrected chi connectivity index (χ1v) is 10.2. The molecule has 1 aliphatic heterocycles. The predicted octanol–water partition coefficient (Wildman–Crippen LogP) is 5.27. The van der Waals surface area contributed by atoms with E-state index in [-0.39, 0.29) is 17.5 Å². The lowest BCUT2D eigenvalue weighted by atomic mass is 10.1. The third-order valence-corrected chi connectivity index (χ3v) is 5.60. The summed E-state index contributed by atoms with van der Waals surface area (Å²) >= 11 is 12.1. The number of carbonyl (C=O) groups is 2. The lowest BCUT2D eigenvalue weighted by Gasteiger charge is -2.14. The van der Waals surface area contributed by atoms with Crippen molar-refractivity contribution >= 4 is 63.5 Å². The Morgan fingerprint density at radius 2 is 2.00 bits per heavy atom. The van der Waals surface area contributed by atoms with Crippen LogP contribution in [-0.4, -0.2) is 27.6 Å². The third-order valence-electron chi connectivity index (χ3n) is 3.93. The standard InChI is InChI=1S/C21H16ClFN2O2S2/c1-13(9-14-5-3-2-4-6-14)10-18-20(27)25(21(28)29-18)12-19(26)24-15-7-8-17(23)16(22)11-15/h2-11H,12H2,1H3,(H,24,26). The Morgan fingerprint density at radius 3 is 2.69 bits per heavy atom. The van der Waals surface area contributed by atoms with Gasteiger partial charge in [0, 0.05) is 5.69 Å². The molecule has 4 nitrogen and oxygen atoms in total. The number of allylic oxidation sites excluding steroid dienone is 2. The van der Waals surface area contributed by atoms with Crippen LogP contribution in [0.1, 0.15) is 12.5 Å². The number of carbonyl (C=O) groups excluding carboxylic acids is 2. The summed E-state index contributed by atoms with van der Waals surface area (Å²) in [7, 11) is 0. The van der Waals surface area contributed by atoms with Gasteiger partial charge in [0.1, 0.15) is 16.7 Å². The highest BCUT2D eigenvalue weighted by atomic mass is 35.5. The number of benzene rings is 2. The maximum Gasteiger partial charge on any atom is 0.266 e. The molecule has 148 valence electrons. The van der Waals surface area contributed by atoms with Crippen LogP contribution >= 0.6 is 35.6 Å². The van der Waals surface area contributed by atoms with Gasteiger partial charge in [-0.3, -0.25) is 14.5 Å². The highest BCUT2D eigenvalue weighted by molar-refractivity contribution is 8.26. The number of hydrogen-bond donors (Lipinski definition) is 1. The Labute approximate surface area is 182 Å². The number of nitrogens with zero attached hydrogens (tertiary/aromatic N) is 1. The van der Waals surface area contributed by atoms with Gasteiger partial charge in [0.2, 0.25) is 5.91 Å². The zero-order valence-corrected chi connectivity index (χ0v) is 17.7. The minimum absolute atomic E-state index is 0.1000. The van der Waals surface area contributed by atoms with Crippen molar-refractivity contribution in [2.75, 3.05) is 11.9 Å². The molecule has 8 heteroatoms. The maximum absolute atomic E-state index is 13.2. The molecule has 2 aromatic rings. The molecule has 0 saturated carbocycles. The molecule has 1 aliphatic rings. The molecule has 2 aromatic carbocycles. The van der Waals surface area contributed by atoms with Gasteiger partial charge in [-0.05, 0) is 42.3 Å². The second-order valence-electron chi connectivity index (χ2n) is 6.24. The van der Waals surface area contributed by atoms with E-state index < -0.39 is 11.7 Å². The van der Waals surface area contributed by atoms with Gasteiger partial charge >= 0.3 is 0 Å². The Bertz CT molecular complexity index is 1040. The van der Waals surface area contributed by atoms with Crippen molar-refractivity contribution in [2.24, 2.45) is 0 Å². The summed E-state index contributed by atoms with van der Waals surface area (Å²) in [6, 6.07) is 13.6. The Morgan fingerprint density at radius 1 is 1.28 bits per heavy atom. The lowest BCUT2D eigenvalue weighted by Crippen LogP contribution is -2.36. The average molecular weight is 447 g/mol. The number of halogens is 2. The van der Waals surface area contributed by atoms with E-state index in [1.165, 1.54) is 17.0 Å². The van der Waals surface area contributed by atoms with Crippen molar-refractivity contribution in [1.82, 2.24) is 4.90 Å². The normalized spacial score (nSPS) is 15.9. The SMILES string of the molecule is CC(=Cc1ccccc1)C=C1SC(=S)N(CC(=O)Nc2ccc(F)c(Cl)c2)C1=O. The van der Waals surface area contributed by atoms with Crippen LogP contribution in [0.4, 0.5) is 10.1 Å². The molecule has 2 amide bonds. The summed E-state index contributed by atoms with van der Waals surface area (Å²) in [5.41, 5.74) is 2.25. The van der Waals surface area contributed by atoms with Crippen molar-refractivity contribution in [3.8, 4) is 0 Å². The van der Waals surface area contributed by atoms with Gasteiger partial charge in [0.05, 0.1) is 9.93 Å². The minimum atomic E-state index is -0.578. The van der Waals surface area contributed by atoms with Crippen LogP contribution in [0.3, 0.4) is 0 Å². The molecule has 1 fully saturated rings. The van der Waals surface area contributed by atoms with Crippen LogP contribution < -0.4 is 5.32 Å². The topological polar surface area (TPSA) is 49.4 Å². The fourth-order valence-electron chi connectivity index (χ4n) is 2.61. The van der Waals surface area contributed by atoms with Gasteiger partial charge in [-0.1, -0.05) is 72.0 Å². The lowest BCUT2D eigenvalue weighted by molar-refractivity contribution is -0.126. The van der Waals surface area contributed by atoms with Crippen molar-refractivity contribution in [3.05, 3.63) is 81.5 Å². The van der Waals surface area contributed by atoms with Gasteiger partial charge in [-0.2, -0.15) is 0 Å². The highest BCUT2D eigenvalue weighted by Gasteiger charge is 2.33. The molecule has 1 heterocycles. The first-order valence-electron chi connectivity index (χ1n) is 8.57. The monoisotopic (exact) mass is 446 g/mol. The number of thioether (sulfide) groups is 1. The number of rotatable bonds is 5. The molecule has 0 atom stereocenters. The van der Waals surface area contributed by atoms with Crippen molar-refractivity contribution in [3.63, 3.8) is 0 Å². The summed E-state index contributed by atoms with van der Waals surface area (Å²) in [6.07, 6.45) is 3.71. The molecule has 3 rings (SSSR count). The molecule has 0 radical (unpaired) electrons. The minimum Gasteiger partial charge on any atom is -0.324 e. The van der Waals surface area contributed by atoms with Crippen LogP contribution in [0.25, 0.3) is 6.08 Å². The quantitative estimate of drug-likeness (QED) is 0.502. The number of amides is 2. The number of anilines is 1. The van der Waals surface area contributed by atoms with Gasteiger partial charge in [-0.15, -0.1) is 0 Å². The average Bonchev–Trinajstić information content (AvgIpc) is 2.93. The summed E-state index contributed by atoms with van der Waals surface area (Å²) in [4.78, 5) is 26.6. The Balaban J connectivity index is 1.67. The smallest absolute Gasteiger partial charge is 0.266 e. The fraction of sp³-hybridized carbons (Fsp3) is 0.0952. The molecule has 0 aliphatic carbocycles. The van der Waals surface area contributed by atoms with Crippen molar-refractivity contribution in [2.45, 2.75) is 6.92 Å². The van der Waals surface area contributed by atoms with E-state index >= 15 is 0 Å². The fourth-order valence-corrected chi connectivity index (χ4v) is 4.10. The van der Waals surface area contributed by atoms with E-state index in [0.29, 0.717) is 14.9 Å². The summed E-state index contributed by atoms with van der Waals surface area (Å²) < 4.78 is 13.5. The first kappa shape index (κ1) is 21.2. The second kappa shape index (κ2) is 9.35. The van der Waals surface area contributed by atoms with Crippen LogP contribution in [-0.2, 0) is 9.59 Å². The molecular weight excluding hydrogens is 431 g/mol. The van der Waals surface area contributed by atoms with Crippen molar-refractivity contribution < 1.29 is 14.0 Å². The van der Waals surface area contributed by atoms with Crippen molar-refractivity contribution in [1.29, 1.82) is 0 Å². The van der Waals surface area contributed by atoms with Crippen LogP contribution in [0.15, 0.2) is 65.1 Å². The van der Waals surface area contributed by atoms with E-state index in [0.717, 1.165) is 29.0 Å². The molecular formula is C21H16ClFN2O2S2. The summed E-state index contributed by atoms with van der Waals surface area (Å²) in [5.74, 6) is -1.36. The van der Waals surface area contributed by atoms with E-state index in [2.05, 4.69) is 5.32 Å². The van der Waals surface area contributed by atoms with Gasteiger partial charge in [0.25, 0.3) is 5.91 Å². The molecule has 29 heavy (non-hydrogen) atoms. The Hall–Kier alpha value is -2.48. The summed E-state index contributed by atoms with van der Waals surface area (Å²) in [5, 5.41) is 2.48. The molecule has 1 N–H and O–H groups in total. The van der Waals surface area contributed by atoms with Crippen LogP contribution in [0.5, 0.6) is 0 Å². The summed E-state index contributed by atoms with van der Waals surface area (Å²) in [6.45, 7) is 1.66. The van der Waals surface area contributed by atoms with E-state index in [1.807, 2.05) is 43.3 Å².